The van der Waals surface area contributed by atoms with Crippen LogP contribution in [0.25, 0.3) is 11.2 Å². The van der Waals surface area contributed by atoms with Crippen LogP contribution in [0.1, 0.15) is 31.2 Å². The molecule has 0 atom stereocenters. The predicted molar refractivity (Wildman–Crippen MR) is 124 cm³/mol. The summed E-state index contributed by atoms with van der Waals surface area (Å²) in [5, 5.41) is 0.568. The van der Waals surface area contributed by atoms with Crippen molar-refractivity contribution in [1.82, 2.24) is 23.6 Å². The Morgan fingerprint density at radius 1 is 1.09 bits per heavy atom. The molecule has 1 saturated carbocycles. The van der Waals surface area contributed by atoms with Gasteiger partial charge in [-0.1, -0.05) is 29.8 Å². The van der Waals surface area contributed by atoms with E-state index >= 15 is 0 Å². The van der Waals surface area contributed by atoms with Crippen LogP contribution in [0.3, 0.4) is 0 Å². The normalized spacial score (nSPS) is 17.0. The number of rotatable bonds is 5. The van der Waals surface area contributed by atoms with Gasteiger partial charge in [0.15, 0.2) is 11.2 Å². The van der Waals surface area contributed by atoms with Crippen molar-refractivity contribution in [2.45, 2.75) is 38.3 Å². The average molecular weight is 472 g/mol. The average Bonchev–Trinajstić information content (AvgIpc) is 3.61. The van der Waals surface area contributed by atoms with Crippen LogP contribution in [0.15, 0.2) is 33.9 Å². The van der Waals surface area contributed by atoms with E-state index in [0.29, 0.717) is 31.0 Å². The number of halogens is 1. The first kappa shape index (κ1) is 21.8. The van der Waals surface area contributed by atoms with Crippen molar-refractivity contribution in [3.05, 3.63) is 55.7 Å². The van der Waals surface area contributed by atoms with Crippen molar-refractivity contribution in [1.29, 1.82) is 0 Å². The van der Waals surface area contributed by atoms with Crippen LogP contribution >= 0.6 is 11.6 Å². The zero-order valence-electron chi connectivity index (χ0n) is 18.7. The Kier molecular flexibility index (Phi) is 5.52. The van der Waals surface area contributed by atoms with E-state index in [1.54, 1.807) is 17.7 Å². The Labute approximate surface area is 195 Å². The molecule has 33 heavy (non-hydrogen) atoms. The fourth-order valence-electron chi connectivity index (χ4n) is 4.39. The number of hydrogen-bond acceptors (Lipinski definition) is 5. The van der Waals surface area contributed by atoms with Gasteiger partial charge in [-0.2, -0.15) is 4.98 Å². The van der Waals surface area contributed by atoms with Crippen LogP contribution in [0.2, 0.25) is 5.02 Å². The number of piperidine rings is 1. The van der Waals surface area contributed by atoms with Crippen LogP contribution in [0.4, 0.5) is 0 Å². The molecule has 174 valence electrons. The lowest BCUT2D eigenvalue weighted by Crippen LogP contribution is -2.42. The van der Waals surface area contributed by atoms with Crippen molar-refractivity contribution >= 4 is 28.7 Å². The van der Waals surface area contributed by atoms with Gasteiger partial charge in [-0.05, 0) is 24.5 Å². The van der Waals surface area contributed by atoms with Crippen LogP contribution in [-0.2, 0) is 25.4 Å². The Morgan fingerprint density at radius 3 is 2.45 bits per heavy atom. The molecule has 1 saturated heterocycles. The van der Waals surface area contributed by atoms with Gasteiger partial charge in [0.2, 0.25) is 5.91 Å². The van der Waals surface area contributed by atoms with E-state index in [2.05, 4.69) is 4.98 Å². The van der Waals surface area contributed by atoms with Gasteiger partial charge in [0, 0.05) is 51.0 Å². The molecule has 1 aromatic carbocycles. The summed E-state index contributed by atoms with van der Waals surface area (Å²) in [4.78, 5) is 44.3. The Balaban J connectivity index is 1.50. The lowest BCUT2D eigenvalue weighted by Gasteiger charge is -2.32. The van der Waals surface area contributed by atoms with Crippen LogP contribution in [-0.4, -0.2) is 48.7 Å². The third kappa shape index (κ3) is 3.94. The zero-order valence-corrected chi connectivity index (χ0v) is 19.4. The summed E-state index contributed by atoms with van der Waals surface area (Å²) < 4.78 is 10.4. The number of nitrogens with zero attached hydrogens (tertiary/aromatic N) is 5. The van der Waals surface area contributed by atoms with Crippen molar-refractivity contribution in [2.24, 2.45) is 20.0 Å². The van der Waals surface area contributed by atoms with Gasteiger partial charge in [0.25, 0.3) is 11.6 Å². The molecular formula is C23H26ClN5O4. The van der Waals surface area contributed by atoms with E-state index in [4.69, 9.17) is 16.3 Å². The topological polar surface area (TPSA) is 91.4 Å². The number of imidazole rings is 1. The molecule has 3 aromatic rings. The minimum atomic E-state index is -0.451. The molecule has 0 bridgehead atoms. The number of aryl methyl sites for hydroxylation is 1. The standard InChI is InChI=1S/C23H26ClN5O4/c1-26-19-18(21(31)27(2)23(26)32)29(13-15-5-3-4-6-17(15)24)22(25-19)33-16-9-11-28(12-10-16)20(30)14-7-8-14/h3-6,14,16H,7-13H2,1-2H3. The molecule has 1 aliphatic heterocycles. The van der Waals surface area contributed by atoms with E-state index in [0.717, 1.165) is 23.0 Å². The molecule has 2 aliphatic rings. The van der Waals surface area contributed by atoms with Gasteiger partial charge in [-0.3, -0.25) is 23.3 Å². The first-order valence-corrected chi connectivity index (χ1v) is 11.6. The van der Waals surface area contributed by atoms with Gasteiger partial charge in [-0.25, -0.2) is 4.79 Å². The second-order valence-corrected chi connectivity index (χ2v) is 9.27. The predicted octanol–water partition coefficient (Wildman–Crippen LogP) is 1.92. The molecule has 3 heterocycles. The van der Waals surface area contributed by atoms with E-state index in [1.165, 1.54) is 11.6 Å². The largest absolute Gasteiger partial charge is 0.461 e. The maximum atomic E-state index is 13.0. The van der Waals surface area contributed by atoms with Crippen LogP contribution in [0.5, 0.6) is 6.01 Å². The molecule has 5 rings (SSSR count). The van der Waals surface area contributed by atoms with Gasteiger partial charge in [-0.15, -0.1) is 0 Å². The minimum Gasteiger partial charge on any atom is -0.461 e. The Morgan fingerprint density at radius 2 is 1.79 bits per heavy atom. The lowest BCUT2D eigenvalue weighted by molar-refractivity contribution is -0.134. The second kappa shape index (κ2) is 8.37. The number of fused-ring (bicyclic) bond motifs is 1. The number of carbonyl (C=O) groups excluding carboxylic acids is 1. The number of benzene rings is 1. The third-order valence-electron chi connectivity index (χ3n) is 6.55. The SMILES string of the molecule is Cn1c(=O)c2c(nc(OC3CCN(C(=O)C4CC4)CC3)n2Cc2ccccc2Cl)n(C)c1=O. The summed E-state index contributed by atoms with van der Waals surface area (Å²) in [6.45, 7) is 1.56. The van der Waals surface area contributed by atoms with Gasteiger partial charge >= 0.3 is 5.69 Å². The third-order valence-corrected chi connectivity index (χ3v) is 6.92. The summed E-state index contributed by atoms with van der Waals surface area (Å²) in [7, 11) is 3.03. The van der Waals surface area contributed by atoms with Crippen molar-refractivity contribution in [2.75, 3.05) is 13.1 Å². The van der Waals surface area contributed by atoms with Crippen molar-refractivity contribution in [3.63, 3.8) is 0 Å². The van der Waals surface area contributed by atoms with Crippen molar-refractivity contribution in [3.8, 4) is 6.01 Å². The molecule has 0 N–H and O–H groups in total. The maximum absolute atomic E-state index is 13.0. The maximum Gasteiger partial charge on any atom is 0.332 e. The summed E-state index contributed by atoms with van der Waals surface area (Å²) in [5.41, 5.74) is 0.479. The number of carbonyl (C=O) groups is 1. The summed E-state index contributed by atoms with van der Waals surface area (Å²) in [5.74, 6) is 0.456. The van der Waals surface area contributed by atoms with Crippen molar-refractivity contribution < 1.29 is 9.53 Å². The van der Waals surface area contributed by atoms with Crippen LogP contribution in [0, 0.1) is 5.92 Å². The van der Waals surface area contributed by atoms with Gasteiger partial charge < -0.3 is 9.64 Å². The monoisotopic (exact) mass is 471 g/mol. The van der Waals surface area contributed by atoms with Gasteiger partial charge in [0.05, 0.1) is 6.54 Å². The summed E-state index contributed by atoms with van der Waals surface area (Å²) >= 11 is 6.39. The minimum absolute atomic E-state index is 0.143. The molecule has 1 aliphatic carbocycles. The van der Waals surface area contributed by atoms with E-state index in [-0.39, 0.29) is 41.6 Å². The molecule has 0 spiro atoms. The first-order chi connectivity index (χ1) is 15.8. The Hall–Kier alpha value is -3.07. The fourth-order valence-corrected chi connectivity index (χ4v) is 4.59. The van der Waals surface area contributed by atoms with E-state index in [9.17, 15) is 14.4 Å². The molecular weight excluding hydrogens is 446 g/mol. The van der Waals surface area contributed by atoms with E-state index < -0.39 is 11.2 Å². The molecule has 10 heteroatoms. The molecule has 2 aromatic heterocycles. The smallest absolute Gasteiger partial charge is 0.332 e. The highest BCUT2D eigenvalue weighted by molar-refractivity contribution is 6.31. The number of aromatic nitrogens is 4. The fraction of sp³-hybridized carbons (Fsp3) is 0.478. The van der Waals surface area contributed by atoms with E-state index in [1.807, 2.05) is 23.1 Å². The van der Waals surface area contributed by atoms with Gasteiger partial charge in [0.1, 0.15) is 6.10 Å². The summed E-state index contributed by atoms with van der Waals surface area (Å²) in [6.07, 6.45) is 3.22. The second-order valence-electron chi connectivity index (χ2n) is 8.87. The quantitative estimate of drug-likeness (QED) is 0.567. The molecule has 9 nitrogen and oxygen atoms in total. The first-order valence-electron chi connectivity index (χ1n) is 11.2. The molecule has 0 radical (unpaired) electrons. The molecule has 2 fully saturated rings. The highest BCUT2D eigenvalue weighted by atomic mass is 35.5. The zero-order chi connectivity index (χ0) is 23.3. The molecule has 0 unspecified atom stereocenters. The highest BCUT2D eigenvalue weighted by Crippen LogP contribution is 2.32. The number of amides is 1. The number of ether oxygens (including phenoxy) is 1. The lowest BCUT2D eigenvalue weighted by atomic mass is 10.1. The summed E-state index contributed by atoms with van der Waals surface area (Å²) in [6, 6.07) is 7.66. The van der Waals surface area contributed by atoms with Crippen LogP contribution < -0.4 is 16.0 Å². The highest BCUT2D eigenvalue weighted by Gasteiger charge is 2.35. The number of hydrogen-bond donors (Lipinski definition) is 0. The number of likely N-dealkylation sites (tertiary alicyclic amines) is 1. The Bertz CT molecular complexity index is 1350. The molecule has 1 amide bonds.